The molecule has 2 aromatic carbocycles. The van der Waals surface area contributed by atoms with E-state index in [1.54, 1.807) is 24.3 Å². The van der Waals surface area contributed by atoms with E-state index in [1.165, 1.54) is 0 Å². The second-order valence-electron chi connectivity index (χ2n) is 7.58. The first-order chi connectivity index (χ1) is 14.4. The average Bonchev–Trinajstić information content (AvgIpc) is 2.76. The third kappa shape index (κ3) is 5.83. The molecule has 1 unspecified atom stereocenters. The third-order valence-corrected chi connectivity index (χ3v) is 4.82. The van der Waals surface area contributed by atoms with Gasteiger partial charge < -0.3 is 20.1 Å². The van der Waals surface area contributed by atoms with Crippen molar-refractivity contribution in [2.24, 2.45) is 5.92 Å². The Kier molecular flexibility index (Phi) is 7.06. The maximum Gasteiger partial charge on any atom is 0.329 e. The van der Waals surface area contributed by atoms with E-state index in [4.69, 9.17) is 9.47 Å². The van der Waals surface area contributed by atoms with Crippen LogP contribution in [0.2, 0.25) is 0 Å². The summed E-state index contributed by atoms with van der Waals surface area (Å²) < 4.78 is 10.9. The number of amides is 2. The molecule has 2 heterocycles. The summed E-state index contributed by atoms with van der Waals surface area (Å²) in [7, 11) is 0. The van der Waals surface area contributed by atoms with Crippen LogP contribution < -0.4 is 15.4 Å². The molecule has 7 nitrogen and oxygen atoms in total. The minimum absolute atomic E-state index is 0.114. The van der Waals surface area contributed by atoms with Crippen LogP contribution >= 0.6 is 0 Å². The van der Waals surface area contributed by atoms with E-state index < -0.39 is 29.9 Å². The topological polar surface area (TPSA) is 93.7 Å². The van der Waals surface area contributed by atoms with E-state index in [1.807, 2.05) is 44.2 Å². The Morgan fingerprint density at radius 3 is 2.43 bits per heavy atom. The molecule has 0 aliphatic carbocycles. The zero-order valence-electron chi connectivity index (χ0n) is 17.1. The monoisotopic (exact) mass is 410 g/mol. The number of nitrogens with one attached hydrogen (secondary N) is 2. The van der Waals surface area contributed by atoms with Gasteiger partial charge in [-0.2, -0.15) is 0 Å². The van der Waals surface area contributed by atoms with Crippen molar-refractivity contribution in [1.82, 2.24) is 10.6 Å². The van der Waals surface area contributed by atoms with Crippen LogP contribution in [0.1, 0.15) is 25.0 Å². The van der Waals surface area contributed by atoms with Crippen LogP contribution in [0.5, 0.6) is 5.75 Å². The second-order valence-corrected chi connectivity index (χ2v) is 7.58. The van der Waals surface area contributed by atoms with Crippen molar-refractivity contribution in [2.45, 2.75) is 39.0 Å². The molecule has 0 aromatic heterocycles. The number of carbonyl (C=O) groups is 3. The highest BCUT2D eigenvalue weighted by atomic mass is 16.5. The Balaban J connectivity index is 1.80. The van der Waals surface area contributed by atoms with Gasteiger partial charge in [-0.05, 0) is 29.2 Å². The van der Waals surface area contributed by atoms with Crippen LogP contribution in [0.4, 0.5) is 0 Å². The van der Waals surface area contributed by atoms with Gasteiger partial charge in [0.1, 0.15) is 24.4 Å². The lowest BCUT2D eigenvalue weighted by Gasteiger charge is -2.24. The SMILES string of the molecule is CC(C)[C@@H]1NC(=O)COc2ccc(cc2)CC(C(=O)OCc2ccccc2)NC1=O. The highest BCUT2D eigenvalue weighted by Crippen LogP contribution is 2.15. The zero-order chi connectivity index (χ0) is 21.5. The molecule has 7 heteroatoms. The van der Waals surface area contributed by atoms with Gasteiger partial charge in [0.25, 0.3) is 5.91 Å². The van der Waals surface area contributed by atoms with Crippen LogP contribution in [-0.4, -0.2) is 36.5 Å². The number of hydrogen-bond donors (Lipinski definition) is 2. The van der Waals surface area contributed by atoms with E-state index in [9.17, 15) is 14.4 Å². The van der Waals surface area contributed by atoms with Gasteiger partial charge >= 0.3 is 5.97 Å². The molecule has 2 amide bonds. The Hall–Kier alpha value is -3.35. The zero-order valence-corrected chi connectivity index (χ0v) is 17.1. The normalized spacial score (nSPS) is 19.6. The molecule has 0 spiro atoms. The van der Waals surface area contributed by atoms with E-state index in [-0.39, 0.29) is 25.6 Å². The van der Waals surface area contributed by atoms with Gasteiger partial charge in [0, 0.05) is 6.42 Å². The standard InChI is InChI=1S/C23H26N2O5/c1-15(2)21-22(27)24-19(23(28)30-13-17-6-4-3-5-7-17)12-16-8-10-18(11-9-16)29-14-20(26)25-21/h3-11,15,19,21H,12-14H2,1-2H3,(H,24,27)(H,25,26)/t19?,21-/m0/s1. The molecule has 2 aliphatic heterocycles. The van der Waals surface area contributed by atoms with E-state index in [0.29, 0.717) is 5.75 Å². The summed E-state index contributed by atoms with van der Waals surface area (Å²) in [5, 5.41) is 5.44. The van der Waals surface area contributed by atoms with E-state index >= 15 is 0 Å². The largest absolute Gasteiger partial charge is 0.484 e. The summed E-state index contributed by atoms with van der Waals surface area (Å²) in [5.74, 6) is -1.01. The molecule has 158 valence electrons. The molecule has 2 atom stereocenters. The number of rotatable bonds is 4. The van der Waals surface area contributed by atoms with Gasteiger partial charge in [-0.15, -0.1) is 0 Å². The molecule has 2 aliphatic rings. The number of fused-ring (bicyclic) bond motifs is 10. The summed E-state index contributed by atoms with van der Waals surface area (Å²) in [5.41, 5.74) is 1.69. The predicted molar refractivity (Wildman–Crippen MR) is 111 cm³/mol. The summed E-state index contributed by atoms with van der Waals surface area (Å²) >= 11 is 0. The Morgan fingerprint density at radius 2 is 1.77 bits per heavy atom. The minimum Gasteiger partial charge on any atom is -0.484 e. The molecule has 0 saturated carbocycles. The number of hydrogen-bond acceptors (Lipinski definition) is 5. The maximum absolute atomic E-state index is 12.9. The quantitative estimate of drug-likeness (QED) is 0.594. The van der Waals surface area contributed by atoms with Gasteiger partial charge in [0.15, 0.2) is 6.61 Å². The molecule has 0 saturated heterocycles. The number of ether oxygens (including phenoxy) is 2. The minimum atomic E-state index is -0.883. The smallest absolute Gasteiger partial charge is 0.329 e. The van der Waals surface area contributed by atoms with Gasteiger partial charge in [-0.1, -0.05) is 56.3 Å². The molecular weight excluding hydrogens is 384 g/mol. The van der Waals surface area contributed by atoms with Gasteiger partial charge in [-0.25, -0.2) is 4.79 Å². The number of carbonyl (C=O) groups excluding carboxylic acids is 3. The maximum atomic E-state index is 12.9. The molecule has 2 N–H and O–H groups in total. The highest BCUT2D eigenvalue weighted by molar-refractivity contribution is 5.91. The molecular formula is C23H26N2O5. The Labute approximate surface area is 175 Å². The van der Waals surface area contributed by atoms with Crippen molar-refractivity contribution >= 4 is 17.8 Å². The Bertz CT molecular complexity index is 880. The molecule has 4 rings (SSSR count). The number of esters is 1. The lowest BCUT2D eigenvalue weighted by atomic mass is 10.0. The van der Waals surface area contributed by atoms with Crippen molar-refractivity contribution < 1.29 is 23.9 Å². The fraction of sp³-hybridized carbons (Fsp3) is 0.348. The third-order valence-electron chi connectivity index (χ3n) is 4.82. The second kappa shape index (κ2) is 9.91. The van der Waals surface area contributed by atoms with Crippen molar-refractivity contribution in [3.8, 4) is 5.75 Å². The number of benzene rings is 2. The van der Waals surface area contributed by atoms with Gasteiger partial charge in [0.05, 0.1) is 0 Å². The first kappa shape index (κ1) is 21.4. The molecule has 0 fully saturated rings. The van der Waals surface area contributed by atoms with Gasteiger partial charge in [0.2, 0.25) is 5.91 Å². The highest BCUT2D eigenvalue weighted by Gasteiger charge is 2.30. The van der Waals surface area contributed by atoms with Crippen LogP contribution in [-0.2, 0) is 32.1 Å². The van der Waals surface area contributed by atoms with Crippen LogP contribution in [0.3, 0.4) is 0 Å². The fourth-order valence-electron chi connectivity index (χ4n) is 3.14. The van der Waals surface area contributed by atoms with Gasteiger partial charge in [-0.3, -0.25) is 9.59 Å². The summed E-state index contributed by atoms with van der Waals surface area (Å²) in [4.78, 5) is 37.9. The lowest BCUT2D eigenvalue weighted by Crippen LogP contribution is -2.55. The molecule has 2 aromatic rings. The van der Waals surface area contributed by atoms with Crippen LogP contribution in [0, 0.1) is 5.92 Å². The molecule has 2 bridgehead atoms. The summed E-state index contributed by atoms with van der Waals surface area (Å²) in [6.07, 6.45) is 0.262. The average molecular weight is 410 g/mol. The first-order valence-corrected chi connectivity index (χ1v) is 9.94. The first-order valence-electron chi connectivity index (χ1n) is 9.94. The van der Waals surface area contributed by atoms with Crippen molar-refractivity contribution in [2.75, 3.05) is 6.61 Å². The molecule has 0 radical (unpaired) electrons. The molecule has 30 heavy (non-hydrogen) atoms. The van der Waals surface area contributed by atoms with E-state index in [2.05, 4.69) is 10.6 Å². The predicted octanol–water partition coefficient (Wildman–Crippen LogP) is 1.99. The summed E-state index contributed by atoms with van der Waals surface area (Å²) in [6, 6.07) is 14.7. The van der Waals surface area contributed by atoms with Crippen molar-refractivity contribution in [3.05, 3.63) is 65.7 Å². The van der Waals surface area contributed by atoms with Crippen LogP contribution in [0.15, 0.2) is 54.6 Å². The lowest BCUT2D eigenvalue weighted by molar-refractivity contribution is -0.149. The fourth-order valence-corrected chi connectivity index (χ4v) is 3.14. The van der Waals surface area contributed by atoms with E-state index in [0.717, 1.165) is 11.1 Å². The van der Waals surface area contributed by atoms with Crippen molar-refractivity contribution in [1.29, 1.82) is 0 Å². The Morgan fingerprint density at radius 1 is 1.07 bits per heavy atom. The van der Waals surface area contributed by atoms with Crippen LogP contribution in [0.25, 0.3) is 0 Å². The summed E-state index contributed by atoms with van der Waals surface area (Å²) in [6.45, 7) is 3.56. The van der Waals surface area contributed by atoms with Crippen molar-refractivity contribution in [3.63, 3.8) is 0 Å².